The predicted octanol–water partition coefficient (Wildman–Crippen LogP) is 6.15. The molecular weight excluding hydrogens is 502 g/mol. The van der Waals surface area contributed by atoms with Crippen LogP contribution in [0.5, 0.6) is 17.2 Å². The van der Waals surface area contributed by atoms with Crippen molar-refractivity contribution in [3.63, 3.8) is 0 Å². The third kappa shape index (κ3) is 6.86. The summed E-state index contributed by atoms with van der Waals surface area (Å²) in [5, 5.41) is 3.61. The summed E-state index contributed by atoms with van der Waals surface area (Å²) in [5.41, 5.74) is 3.00. The molecule has 1 unspecified atom stereocenters. The van der Waals surface area contributed by atoms with E-state index in [1.807, 2.05) is 55.5 Å². The van der Waals surface area contributed by atoms with Gasteiger partial charge in [0.2, 0.25) is 0 Å². The Morgan fingerprint density at radius 2 is 1.89 bits per heavy atom. The number of para-hydroxylation sites is 2. The quantitative estimate of drug-likeness (QED) is 0.165. The summed E-state index contributed by atoms with van der Waals surface area (Å²) in [5.74, 6) is 2.53. The molecule has 0 saturated heterocycles. The van der Waals surface area contributed by atoms with Crippen LogP contribution in [0.25, 0.3) is 11.0 Å². The molecule has 0 spiro atoms. The first-order valence-electron chi connectivity index (χ1n) is 12.5. The first kappa shape index (κ1) is 27.1. The van der Waals surface area contributed by atoms with Gasteiger partial charge in [-0.15, -0.1) is 6.58 Å². The van der Waals surface area contributed by atoms with Gasteiger partial charge in [0.1, 0.15) is 11.6 Å². The lowest BCUT2D eigenvalue weighted by molar-refractivity contribution is -0.123. The topological polar surface area (TPSA) is 74.6 Å². The largest absolute Gasteiger partial charge is 0.493 e. The fraction of sp³-hybridized carbons (Fsp3) is 0.267. The molecule has 1 atom stereocenters. The smallest absolute Gasteiger partial charge is 0.258 e. The molecule has 0 aliphatic heterocycles. The number of aromatic nitrogens is 2. The summed E-state index contributed by atoms with van der Waals surface area (Å²) in [4.78, 5) is 17.4. The van der Waals surface area contributed by atoms with Gasteiger partial charge in [0, 0.05) is 11.6 Å². The third-order valence-corrected chi connectivity index (χ3v) is 6.28. The number of carbonyl (C=O) groups is 1. The number of fused-ring (bicyclic) bond motifs is 1. The highest BCUT2D eigenvalue weighted by atomic mass is 35.5. The molecule has 0 saturated carbocycles. The van der Waals surface area contributed by atoms with E-state index in [2.05, 4.69) is 16.5 Å². The van der Waals surface area contributed by atoms with Gasteiger partial charge in [0.05, 0.1) is 30.8 Å². The number of nitrogens with one attached hydrogen (secondary N) is 1. The van der Waals surface area contributed by atoms with E-state index < -0.39 is 0 Å². The van der Waals surface area contributed by atoms with Gasteiger partial charge in [0.25, 0.3) is 5.91 Å². The van der Waals surface area contributed by atoms with Crippen LogP contribution in [0.3, 0.4) is 0 Å². The van der Waals surface area contributed by atoms with Gasteiger partial charge in [-0.05, 0) is 73.9 Å². The highest BCUT2D eigenvalue weighted by Crippen LogP contribution is 2.29. The van der Waals surface area contributed by atoms with Gasteiger partial charge in [-0.1, -0.05) is 35.9 Å². The first-order chi connectivity index (χ1) is 18.5. The van der Waals surface area contributed by atoms with Crippen LogP contribution in [-0.4, -0.2) is 35.8 Å². The number of hydrogen-bond acceptors (Lipinski definition) is 5. The number of aryl methyl sites for hydroxylation is 1. The van der Waals surface area contributed by atoms with Crippen LogP contribution in [0.15, 0.2) is 79.4 Å². The molecule has 3 aromatic carbocycles. The van der Waals surface area contributed by atoms with E-state index in [1.165, 1.54) is 0 Å². The lowest BCUT2D eigenvalue weighted by Crippen LogP contribution is -2.32. The Labute approximate surface area is 228 Å². The Morgan fingerprint density at radius 1 is 1.11 bits per heavy atom. The summed E-state index contributed by atoms with van der Waals surface area (Å²) in [6.07, 6.45) is 3.37. The fourth-order valence-corrected chi connectivity index (χ4v) is 4.34. The highest BCUT2D eigenvalue weighted by Gasteiger charge is 2.19. The molecule has 0 aliphatic carbocycles. The second kappa shape index (κ2) is 13.0. The lowest BCUT2D eigenvalue weighted by Gasteiger charge is -2.17. The van der Waals surface area contributed by atoms with Gasteiger partial charge < -0.3 is 24.1 Å². The second-order valence-corrected chi connectivity index (χ2v) is 9.26. The average Bonchev–Trinajstić information content (AvgIpc) is 3.30. The normalized spacial score (nSPS) is 11.7. The van der Waals surface area contributed by atoms with Crippen molar-refractivity contribution in [1.29, 1.82) is 0 Å². The Morgan fingerprint density at radius 3 is 2.66 bits per heavy atom. The SMILES string of the molecule is C=CCc1ccc(OCCCn2c(C(C)NC(=O)COc3ccc(Cl)cc3)nc3ccccc32)c(OC)c1. The Bertz CT molecular complexity index is 1380. The number of allylic oxidation sites excluding steroid dienone is 1. The first-order valence-corrected chi connectivity index (χ1v) is 12.9. The maximum atomic E-state index is 12.6. The number of amides is 1. The van der Waals surface area contributed by atoms with Crippen LogP contribution in [0.4, 0.5) is 0 Å². The highest BCUT2D eigenvalue weighted by molar-refractivity contribution is 6.30. The number of carbonyl (C=O) groups excluding carboxylic acids is 1. The van der Waals surface area contributed by atoms with Gasteiger partial charge in [-0.2, -0.15) is 0 Å². The molecule has 1 amide bonds. The Kier molecular flexibility index (Phi) is 9.27. The summed E-state index contributed by atoms with van der Waals surface area (Å²) < 4.78 is 19.3. The molecule has 0 bridgehead atoms. The van der Waals surface area contributed by atoms with E-state index >= 15 is 0 Å². The van der Waals surface area contributed by atoms with Gasteiger partial charge in [0.15, 0.2) is 18.1 Å². The summed E-state index contributed by atoms with van der Waals surface area (Å²) in [7, 11) is 1.64. The minimum absolute atomic E-state index is 0.104. The van der Waals surface area contributed by atoms with E-state index in [-0.39, 0.29) is 18.6 Å². The molecule has 1 aromatic heterocycles. The monoisotopic (exact) mass is 533 g/mol. The standard InChI is InChI=1S/C30H32ClN3O4/c1-4-8-22-11-16-27(28(19-22)36-3)37-18-7-17-34-26-10-6-5-9-25(26)33-30(34)21(2)32-29(35)20-38-24-14-12-23(31)13-15-24/h4-6,9-16,19,21H,1,7-8,17-18,20H2,2-3H3,(H,32,35). The van der Waals surface area contributed by atoms with E-state index in [4.69, 9.17) is 30.8 Å². The van der Waals surface area contributed by atoms with Gasteiger partial charge in [-0.3, -0.25) is 4.79 Å². The molecule has 7 nitrogen and oxygen atoms in total. The summed E-state index contributed by atoms with van der Waals surface area (Å²) in [6, 6.07) is 20.4. The molecule has 1 N–H and O–H groups in total. The fourth-order valence-electron chi connectivity index (χ4n) is 4.22. The summed E-state index contributed by atoms with van der Waals surface area (Å²) in [6.45, 7) is 6.78. The molecule has 8 heteroatoms. The van der Waals surface area contributed by atoms with Crippen molar-refractivity contribution in [2.75, 3.05) is 20.3 Å². The van der Waals surface area contributed by atoms with E-state index in [0.717, 1.165) is 35.3 Å². The van der Waals surface area contributed by atoms with Crippen LogP contribution in [-0.2, 0) is 17.8 Å². The van der Waals surface area contributed by atoms with Crippen LogP contribution >= 0.6 is 11.6 Å². The number of imidazole rings is 1. The number of benzene rings is 3. The van der Waals surface area contributed by atoms with Crippen molar-refractivity contribution in [1.82, 2.24) is 14.9 Å². The molecule has 4 rings (SSSR count). The zero-order valence-electron chi connectivity index (χ0n) is 21.7. The minimum Gasteiger partial charge on any atom is -0.493 e. The zero-order chi connectivity index (χ0) is 26.9. The van der Waals surface area contributed by atoms with Crippen LogP contribution in [0.1, 0.15) is 30.8 Å². The number of nitrogens with zero attached hydrogens (tertiary/aromatic N) is 2. The van der Waals surface area contributed by atoms with E-state index in [1.54, 1.807) is 31.4 Å². The minimum atomic E-state index is -0.317. The zero-order valence-corrected chi connectivity index (χ0v) is 22.4. The molecule has 1 heterocycles. The summed E-state index contributed by atoms with van der Waals surface area (Å²) >= 11 is 5.91. The molecule has 38 heavy (non-hydrogen) atoms. The van der Waals surface area contributed by atoms with E-state index in [9.17, 15) is 4.79 Å². The Hall–Kier alpha value is -3.97. The van der Waals surface area contributed by atoms with Crippen molar-refractivity contribution >= 4 is 28.5 Å². The molecule has 4 aromatic rings. The number of halogens is 1. The van der Waals surface area contributed by atoms with Crippen molar-refractivity contribution in [2.45, 2.75) is 32.4 Å². The average molecular weight is 534 g/mol. The van der Waals surface area contributed by atoms with Gasteiger partial charge >= 0.3 is 0 Å². The second-order valence-electron chi connectivity index (χ2n) is 8.82. The number of rotatable bonds is 13. The molecule has 0 radical (unpaired) electrons. The Balaban J connectivity index is 1.39. The van der Waals surface area contributed by atoms with Crippen LogP contribution < -0.4 is 19.5 Å². The number of methoxy groups -OCH3 is 1. The molecule has 0 aliphatic rings. The molecular formula is C30H32ClN3O4. The maximum Gasteiger partial charge on any atom is 0.258 e. The van der Waals surface area contributed by atoms with E-state index in [0.29, 0.717) is 35.4 Å². The van der Waals surface area contributed by atoms with Crippen molar-refractivity contribution in [2.24, 2.45) is 0 Å². The third-order valence-electron chi connectivity index (χ3n) is 6.02. The van der Waals surface area contributed by atoms with Crippen molar-refractivity contribution in [3.8, 4) is 17.2 Å². The van der Waals surface area contributed by atoms with Crippen LogP contribution in [0.2, 0.25) is 5.02 Å². The molecule has 198 valence electrons. The van der Waals surface area contributed by atoms with Crippen LogP contribution in [0, 0.1) is 0 Å². The molecule has 0 fully saturated rings. The van der Waals surface area contributed by atoms with Gasteiger partial charge in [-0.25, -0.2) is 4.98 Å². The lowest BCUT2D eigenvalue weighted by atomic mass is 10.1. The predicted molar refractivity (Wildman–Crippen MR) is 150 cm³/mol. The maximum absolute atomic E-state index is 12.6. The van der Waals surface area contributed by atoms with Crippen molar-refractivity contribution in [3.05, 3.63) is 95.8 Å². The van der Waals surface area contributed by atoms with Crippen molar-refractivity contribution < 1.29 is 19.0 Å². The number of ether oxygens (including phenoxy) is 3. The number of hydrogen-bond donors (Lipinski definition) is 1.